The molecule has 130 valence electrons. The summed E-state index contributed by atoms with van der Waals surface area (Å²) in [6.45, 7) is 5.04. The zero-order valence-corrected chi connectivity index (χ0v) is 15.5. The lowest BCUT2D eigenvalue weighted by atomic mass is 10.1. The van der Waals surface area contributed by atoms with E-state index in [0.29, 0.717) is 36.7 Å². The smallest absolute Gasteiger partial charge is 0.257 e. The minimum absolute atomic E-state index is 0.104. The molecule has 0 unspecified atom stereocenters. The van der Waals surface area contributed by atoms with E-state index in [1.165, 1.54) is 16.9 Å². The maximum Gasteiger partial charge on any atom is 0.257 e. The third kappa shape index (κ3) is 3.42. The second-order valence-corrected chi connectivity index (χ2v) is 9.15. The third-order valence-electron chi connectivity index (χ3n) is 4.02. The van der Waals surface area contributed by atoms with Crippen LogP contribution in [-0.4, -0.2) is 40.1 Å². The summed E-state index contributed by atoms with van der Waals surface area (Å²) in [6.07, 6.45) is 3.05. The van der Waals surface area contributed by atoms with E-state index in [4.69, 9.17) is 0 Å². The standard InChI is InChI=1S/C15H20N4O3S2/c1-10(2)14-17-11(8-23-14)6-18-9-16-13-7-19(24(3,21)22)5-4-12(13)15(18)20/h8-10H,4-7H2,1-3H3. The molecule has 0 spiro atoms. The molecule has 0 saturated carbocycles. The first-order valence-electron chi connectivity index (χ1n) is 7.72. The molecule has 0 bridgehead atoms. The lowest BCUT2D eigenvalue weighted by molar-refractivity contribution is 0.384. The van der Waals surface area contributed by atoms with Gasteiger partial charge in [-0.1, -0.05) is 13.8 Å². The van der Waals surface area contributed by atoms with Crippen molar-refractivity contribution in [3.8, 4) is 0 Å². The minimum atomic E-state index is -3.27. The molecular weight excluding hydrogens is 348 g/mol. The van der Waals surface area contributed by atoms with E-state index < -0.39 is 10.0 Å². The van der Waals surface area contributed by atoms with Crippen LogP contribution in [-0.2, 0) is 29.5 Å². The summed E-state index contributed by atoms with van der Waals surface area (Å²) in [7, 11) is -3.27. The first kappa shape index (κ1) is 17.2. The number of nitrogens with zero attached hydrogens (tertiary/aromatic N) is 4. The Morgan fingerprint density at radius 3 is 2.75 bits per heavy atom. The summed E-state index contributed by atoms with van der Waals surface area (Å²) in [5.41, 5.74) is 1.90. The van der Waals surface area contributed by atoms with Crippen LogP contribution in [0.15, 0.2) is 16.5 Å². The average Bonchev–Trinajstić information content (AvgIpc) is 2.98. The Morgan fingerprint density at radius 1 is 1.38 bits per heavy atom. The van der Waals surface area contributed by atoms with Crippen molar-refractivity contribution < 1.29 is 8.42 Å². The fourth-order valence-electron chi connectivity index (χ4n) is 2.67. The lowest BCUT2D eigenvalue weighted by Gasteiger charge is -2.25. The fourth-order valence-corrected chi connectivity index (χ4v) is 4.27. The first-order chi connectivity index (χ1) is 11.3. The van der Waals surface area contributed by atoms with Crippen molar-refractivity contribution >= 4 is 21.4 Å². The maximum atomic E-state index is 12.6. The lowest BCUT2D eigenvalue weighted by Crippen LogP contribution is -2.39. The van der Waals surface area contributed by atoms with Crippen molar-refractivity contribution in [3.05, 3.63) is 44.0 Å². The van der Waals surface area contributed by atoms with Crippen LogP contribution in [0.3, 0.4) is 0 Å². The van der Waals surface area contributed by atoms with Crippen LogP contribution in [0.4, 0.5) is 0 Å². The number of thiazole rings is 1. The summed E-state index contributed by atoms with van der Waals surface area (Å²) in [5.74, 6) is 0.365. The molecule has 0 atom stereocenters. The van der Waals surface area contributed by atoms with Crippen molar-refractivity contribution in [1.29, 1.82) is 0 Å². The van der Waals surface area contributed by atoms with Gasteiger partial charge < -0.3 is 0 Å². The van der Waals surface area contributed by atoms with E-state index in [-0.39, 0.29) is 12.1 Å². The van der Waals surface area contributed by atoms with Crippen molar-refractivity contribution in [2.24, 2.45) is 0 Å². The Bertz CT molecular complexity index is 915. The van der Waals surface area contributed by atoms with Gasteiger partial charge in [0.2, 0.25) is 10.0 Å². The predicted octanol–water partition coefficient (Wildman–Crippen LogP) is 1.19. The van der Waals surface area contributed by atoms with E-state index in [1.54, 1.807) is 15.9 Å². The van der Waals surface area contributed by atoms with Gasteiger partial charge in [-0.05, 0) is 6.42 Å². The van der Waals surface area contributed by atoms with Gasteiger partial charge in [-0.2, -0.15) is 4.31 Å². The minimum Gasteiger partial charge on any atom is -0.293 e. The van der Waals surface area contributed by atoms with Crippen LogP contribution in [0.5, 0.6) is 0 Å². The first-order valence-corrected chi connectivity index (χ1v) is 10.4. The number of sulfonamides is 1. The fraction of sp³-hybridized carbons (Fsp3) is 0.533. The molecule has 0 fully saturated rings. The Labute approximate surface area is 145 Å². The van der Waals surface area contributed by atoms with Crippen LogP contribution in [0, 0.1) is 0 Å². The summed E-state index contributed by atoms with van der Waals surface area (Å²) < 4.78 is 26.2. The zero-order valence-electron chi connectivity index (χ0n) is 13.9. The maximum absolute atomic E-state index is 12.6. The van der Waals surface area contributed by atoms with Gasteiger partial charge in [0.1, 0.15) is 0 Å². The summed E-state index contributed by atoms with van der Waals surface area (Å²) >= 11 is 1.59. The van der Waals surface area contributed by atoms with Gasteiger partial charge in [0, 0.05) is 23.4 Å². The summed E-state index contributed by atoms with van der Waals surface area (Å²) in [6, 6.07) is 0. The van der Waals surface area contributed by atoms with Gasteiger partial charge >= 0.3 is 0 Å². The number of fused-ring (bicyclic) bond motifs is 1. The second-order valence-electron chi connectivity index (χ2n) is 6.28. The molecule has 24 heavy (non-hydrogen) atoms. The molecular formula is C15H20N4O3S2. The number of aromatic nitrogens is 3. The molecule has 3 rings (SSSR count). The van der Waals surface area contributed by atoms with Gasteiger partial charge in [-0.25, -0.2) is 18.4 Å². The Hall–Kier alpha value is -1.58. The Balaban J connectivity index is 1.86. The van der Waals surface area contributed by atoms with Gasteiger partial charge in [0.25, 0.3) is 5.56 Å². The molecule has 1 aliphatic heterocycles. The zero-order chi connectivity index (χ0) is 17.5. The largest absolute Gasteiger partial charge is 0.293 e. The van der Waals surface area contributed by atoms with Gasteiger partial charge in [0.05, 0.1) is 42.1 Å². The second kappa shape index (κ2) is 6.38. The highest BCUT2D eigenvalue weighted by Crippen LogP contribution is 2.20. The predicted molar refractivity (Wildman–Crippen MR) is 92.8 cm³/mol. The molecule has 7 nitrogen and oxygen atoms in total. The molecule has 3 heterocycles. The molecule has 0 saturated heterocycles. The molecule has 1 aliphatic rings. The quantitative estimate of drug-likeness (QED) is 0.809. The number of rotatable bonds is 4. The Kier molecular flexibility index (Phi) is 4.58. The summed E-state index contributed by atoms with van der Waals surface area (Å²) in [5, 5.41) is 3.01. The van der Waals surface area contributed by atoms with Crippen molar-refractivity contribution in [2.75, 3.05) is 12.8 Å². The topological polar surface area (TPSA) is 85.2 Å². The van der Waals surface area contributed by atoms with E-state index in [1.807, 2.05) is 5.38 Å². The average molecular weight is 368 g/mol. The van der Waals surface area contributed by atoms with E-state index >= 15 is 0 Å². The number of hydrogen-bond donors (Lipinski definition) is 0. The van der Waals surface area contributed by atoms with Crippen molar-refractivity contribution in [1.82, 2.24) is 18.8 Å². The number of hydrogen-bond acceptors (Lipinski definition) is 6. The van der Waals surface area contributed by atoms with E-state index in [9.17, 15) is 13.2 Å². The molecule has 0 N–H and O–H groups in total. The van der Waals surface area contributed by atoms with E-state index in [2.05, 4.69) is 23.8 Å². The molecule has 0 amide bonds. The van der Waals surface area contributed by atoms with Gasteiger partial charge in [0.15, 0.2) is 0 Å². The van der Waals surface area contributed by atoms with Gasteiger partial charge in [-0.15, -0.1) is 11.3 Å². The van der Waals surface area contributed by atoms with Crippen LogP contribution in [0.1, 0.15) is 41.7 Å². The molecule has 0 aliphatic carbocycles. The van der Waals surface area contributed by atoms with Crippen molar-refractivity contribution in [2.45, 2.75) is 39.3 Å². The molecule has 2 aromatic rings. The van der Waals surface area contributed by atoms with Crippen LogP contribution < -0.4 is 5.56 Å². The molecule has 9 heteroatoms. The Morgan fingerprint density at radius 2 is 2.12 bits per heavy atom. The van der Waals surface area contributed by atoms with Crippen LogP contribution in [0.25, 0.3) is 0 Å². The SMILES string of the molecule is CC(C)c1nc(Cn2cnc3c(c2=O)CCN(S(C)(=O)=O)C3)cs1. The molecule has 2 aromatic heterocycles. The van der Waals surface area contributed by atoms with Crippen LogP contribution in [0.2, 0.25) is 0 Å². The highest BCUT2D eigenvalue weighted by Gasteiger charge is 2.26. The molecule has 0 radical (unpaired) electrons. The van der Waals surface area contributed by atoms with Gasteiger partial charge in [-0.3, -0.25) is 9.36 Å². The van der Waals surface area contributed by atoms with Crippen LogP contribution >= 0.6 is 11.3 Å². The highest BCUT2D eigenvalue weighted by atomic mass is 32.2. The highest BCUT2D eigenvalue weighted by molar-refractivity contribution is 7.88. The monoisotopic (exact) mass is 368 g/mol. The normalized spacial score (nSPS) is 15.7. The summed E-state index contributed by atoms with van der Waals surface area (Å²) in [4.78, 5) is 21.5. The third-order valence-corrected chi connectivity index (χ3v) is 6.47. The van der Waals surface area contributed by atoms with E-state index in [0.717, 1.165) is 10.7 Å². The van der Waals surface area contributed by atoms with Crippen molar-refractivity contribution in [3.63, 3.8) is 0 Å². The molecule has 0 aromatic carbocycles.